The van der Waals surface area contributed by atoms with Gasteiger partial charge in [-0.1, -0.05) is 52.3 Å². The second-order valence-corrected chi connectivity index (χ2v) is 6.07. The molecule has 0 N–H and O–H groups in total. The van der Waals surface area contributed by atoms with Crippen molar-refractivity contribution in [2.24, 2.45) is 0 Å². The average Bonchev–Trinajstić information content (AvgIpc) is 2.81. The monoisotopic (exact) mass is 311 g/mol. The Balaban J connectivity index is 1.98. The lowest BCUT2D eigenvalue weighted by atomic mass is 9.78. The van der Waals surface area contributed by atoms with Crippen LogP contribution in [0.15, 0.2) is 53.0 Å². The summed E-state index contributed by atoms with van der Waals surface area (Å²) in [5.41, 5.74) is 3.44. The largest absolute Gasteiger partial charge is 0.197 e. The Morgan fingerprint density at radius 3 is 2.58 bits per heavy atom. The van der Waals surface area contributed by atoms with Crippen molar-refractivity contribution in [2.45, 2.75) is 24.7 Å². The van der Waals surface area contributed by atoms with E-state index >= 15 is 0 Å². The maximum absolute atomic E-state index is 9.72. The van der Waals surface area contributed by atoms with Crippen LogP contribution in [0.4, 0.5) is 0 Å². The van der Waals surface area contributed by atoms with Gasteiger partial charge in [0.1, 0.15) is 0 Å². The topological polar surface area (TPSA) is 23.8 Å². The van der Waals surface area contributed by atoms with E-state index in [4.69, 9.17) is 0 Å². The lowest BCUT2D eigenvalue weighted by Gasteiger charge is -2.22. The molecule has 0 radical (unpaired) electrons. The third-order valence-corrected chi connectivity index (χ3v) is 4.52. The quantitative estimate of drug-likeness (QED) is 0.806. The van der Waals surface area contributed by atoms with Crippen LogP contribution in [0.25, 0.3) is 0 Å². The van der Waals surface area contributed by atoms with Crippen LogP contribution in [0.1, 0.15) is 23.1 Å². The highest BCUT2D eigenvalue weighted by molar-refractivity contribution is 9.10. The smallest absolute Gasteiger partial charge is 0.0868 e. The second kappa shape index (κ2) is 4.83. The molecule has 2 aromatic carbocycles. The molecule has 94 valence electrons. The van der Waals surface area contributed by atoms with Crippen molar-refractivity contribution in [1.29, 1.82) is 5.26 Å². The third kappa shape index (κ3) is 2.19. The zero-order valence-electron chi connectivity index (χ0n) is 10.6. The van der Waals surface area contributed by atoms with Gasteiger partial charge in [0, 0.05) is 4.47 Å². The van der Waals surface area contributed by atoms with Crippen molar-refractivity contribution in [3.8, 4) is 6.07 Å². The van der Waals surface area contributed by atoms with Crippen molar-refractivity contribution >= 4 is 15.9 Å². The van der Waals surface area contributed by atoms with Gasteiger partial charge in [-0.15, -0.1) is 0 Å². The fourth-order valence-corrected chi connectivity index (χ4v) is 3.24. The van der Waals surface area contributed by atoms with Crippen LogP contribution in [-0.4, -0.2) is 0 Å². The van der Waals surface area contributed by atoms with Gasteiger partial charge in [0.15, 0.2) is 0 Å². The van der Waals surface area contributed by atoms with Crippen LogP contribution in [0.3, 0.4) is 0 Å². The number of halogens is 1. The standard InChI is InChI=1S/C17H14BrN/c18-15-7-5-13(6-8-15)11-17(12-19)10-9-14-3-1-2-4-16(14)17/h1-8H,9-11H2. The van der Waals surface area contributed by atoms with Crippen molar-refractivity contribution in [1.82, 2.24) is 0 Å². The van der Waals surface area contributed by atoms with Gasteiger partial charge in [-0.05, 0) is 48.1 Å². The molecular weight excluding hydrogens is 298 g/mol. The first-order valence-electron chi connectivity index (χ1n) is 6.48. The maximum Gasteiger partial charge on any atom is 0.0868 e. The average molecular weight is 312 g/mol. The summed E-state index contributed by atoms with van der Waals surface area (Å²) in [6.45, 7) is 0. The van der Waals surface area contributed by atoms with Crippen LogP contribution in [0, 0.1) is 11.3 Å². The summed E-state index contributed by atoms with van der Waals surface area (Å²) >= 11 is 3.45. The van der Waals surface area contributed by atoms with Crippen molar-refractivity contribution in [3.05, 3.63) is 69.7 Å². The molecule has 2 aromatic rings. The molecule has 0 heterocycles. The molecule has 0 aliphatic heterocycles. The number of aryl methyl sites for hydroxylation is 1. The summed E-state index contributed by atoms with van der Waals surface area (Å²) in [5.74, 6) is 0. The Kier molecular flexibility index (Phi) is 3.16. The molecule has 1 aliphatic rings. The first kappa shape index (κ1) is 12.4. The van der Waals surface area contributed by atoms with E-state index < -0.39 is 0 Å². The van der Waals surface area contributed by atoms with E-state index in [0.29, 0.717) is 0 Å². The van der Waals surface area contributed by atoms with Crippen LogP contribution < -0.4 is 0 Å². The highest BCUT2D eigenvalue weighted by Gasteiger charge is 2.38. The number of nitriles is 1. The Bertz CT molecular complexity index is 639. The normalized spacial score (nSPS) is 20.8. The zero-order valence-corrected chi connectivity index (χ0v) is 12.2. The molecule has 3 rings (SSSR count). The van der Waals surface area contributed by atoms with E-state index in [2.05, 4.69) is 52.3 Å². The Morgan fingerprint density at radius 1 is 1.11 bits per heavy atom. The van der Waals surface area contributed by atoms with Gasteiger partial charge in [0.25, 0.3) is 0 Å². The number of benzene rings is 2. The van der Waals surface area contributed by atoms with Crippen molar-refractivity contribution in [2.75, 3.05) is 0 Å². The lowest BCUT2D eigenvalue weighted by molar-refractivity contribution is 0.541. The molecule has 2 heteroatoms. The summed E-state index contributed by atoms with van der Waals surface area (Å²) in [6.07, 6.45) is 2.74. The molecular formula is C17H14BrN. The molecule has 0 fully saturated rings. The number of nitrogens with zero attached hydrogens (tertiary/aromatic N) is 1. The summed E-state index contributed by atoms with van der Waals surface area (Å²) in [5, 5.41) is 9.72. The van der Waals surface area contributed by atoms with E-state index in [9.17, 15) is 5.26 Å². The zero-order chi connectivity index (χ0) is 13.3. The molecule has 0 amide bonds. The minimum absolute atomic E-state index is 0.343. The molecule has 1 nitrogen and oxygen atoms in total. The first-order valence-corrected chi connectivity index (χ1v) is 7.27. The minimum atomic E-state index is -0.343. The Morgan fingerprint density at radius 2 is 1.84 bits per heavy atom. The Labute approximate surface area is 122 Å². The van der Waals surface area contributed by atoms with Crippen LogP contribution >= 0.6 is 15.9 Å². The van der Waals surface area contributed by atoms with Gasteiger partial charge in [-0.25, -0.2) is 0 Å². The van der Waals surface area contributed by atoms with E-state index in [-0.39, 0.29) is 5.41 Å². The van der Waals surface area contributed by atoms with E-state index in [0.717, 1.165) is 23.7 Å². The summed E-state index contributed by atoms with van der Waals surface area (Å²) in [7, 11) is 0. The maximum atomic E-state index is 9.72. The predicted octanol–water partition coefficient (Wildman–Crippen LogP) is 4.40. The van der Waals surface area contributed by atoms with Gasteiger partial charge < -0.3 is 0 Å². The molecule has 0 spiro atoms. The number of hydrogen-bond donors (Lipinski definition) is 0. The Hall–Kier alpha value is -1.59. The lowest BCUT2D eigenvalue weighted by Crippen LogP contribution is -2.23. The van der Waals surface area contributed by atoms with E-state index in [1.54, 1.807) is 0 Å². The molecule has 1 unspecified atom stereocenters. The summed E-state index contributed by atoms with van der Waals surface area (Å²) < 4.78 is 1.08. The molecule has 1 aliphatic carbocycles. The van der Waals surface area contributed by atoms with Gasteiger partial charge in [0.05, 0.1) is 11.5 Å². The molecule has 19 heavy (non-hydrogen) atoms. The number of rotatable bonds is 2. The van der Waals surface area contributed by atoms with Crippen molar-refractivity contribution in [3.63, 3.8) is 0 Å². The van der Waals surface area contributed by atoms with Crippen LogP contribution in [0.5, 0.6) is 0 Å². The number of fused-ring (bicyclic) bond motifs is 1. The van der Waals surface area contributed by atoms with Gasteiger partial charge in [-0.2, -0.15) is 5.26 Å². The highest BCUT2D eigenvalue weighted by atomic mass is 79.9. The van der Waals surface area contributed by atoms with Crippen molar-refractivity contribution < 1.29 is 0 Å². The van der Waals surface area contributed by atoms with Gasteiger partial charge >= 0.3 is 0 Å². The third-order valence-electron chi connectivity index (χ3n) is 3.99. The molecule has 0 saturated heterocycles. The molecule has 0 saturated carbocycles. The predicted molar refractivity (Wildman–Crippen MR) is 79.9 cm³/mol. The fraction of sp³-hybridized carbons (Fsp3) is 0.235. The van der Waals surface area contributed by atoms with Crippen LogP contribution in [-0.2, 0) is 18.3 Å². The van der Waals surface area contributed by atoms with Gasteiger partial charge in [0.2, 0.25) is 0 Å². The first-order chi connectivity index (χ1) is 9.23. The molecule has 1 atom stereocenters. The van der Waals surface area contributed by atoms with E-state index in [1.807, 2.05) is 18.2 Å². The molecule has 0 aromatic heterocycles. The fourth-order valence-electron chi connectivity index (χ4n) is 2.98. The second-order valence-electron chi connectivity index (χ2n) is 5.15. The summed E-state index contributed by atoms with van der Waals surface area (Å²) in [6, 6.07) is 19.2. The highest BCUT2D eigenvalue weighted by Crippen LogP contribution is 2.41. The number of hydrogen-bond acceptors (Lipinski definition) is 1. The molecule has 0 bridgehead atoms. The van der Waals surface area contributed by atoms with E-state index in [1.165, 1.54) is 16.7 Å². The minimum Gasteiger partial charge on any atom is -0.197 e. The van der Waals surface area contributed by atoms with Crippen LogP contribution in [0.2, 0.25) is 0 Å². The summed E-state index contributed by atoms with van der Waals surface area (Å²) in [4.78, 5) is 0. The SMILES string of the molecule is N#CC1(Cc2ccc(Br)cc2)CCc2ccccc21. The van der Waals surface area contributed by atoms with Gasteiger partial charge in [-0.3, -0.25) is 0 Å².